The zero-order valence-corrected chi connectivity index (χ0v) is 9.12. The number of nitrogens with one attached hydrogen (secondary N) is 2. The van der Waals surface area contributed by atoms with Crippen molar-refractivity contribution in [2.75, 3.05) is 26.7 Å². The molecule has 1 unspecified atom stereocenters. The van der Waals surface area contributed by atoms with Gasteiger partial charge in [-0.05, 0) is 25.1 Å². The van der Waals surface area contributed by atoms with Gasteiger partial charge >= 0.3 is 0 Å². The minimum atomic E-state index is -0.363. The normalized spacial score (nSPS) is 27.3. The van der Waals surface area contributed by atoms with Gasteiger partial charge in [0.05, 0.1) is 0 Å². The van der Waals surface area contributed by atoms with Crippen molar-refractivity contribution in [1.29, 1.82) is 0 Å². The van der Waals surface area contributed by atoms with E-state index < -0.39 is 0 Å². The topological polar surface area (TPSA) is 33.3 Å². The van der Waals surface area contributed by atoms with Crippen molar-refractivity contribution < 1.29 is 4.74 Å². The lowest BCUT2D eigenvalue weighted by molar-refractivity contribution is -0.0382. The molecule has 1 aliphatic rings. The maximum absolute atomic E-state index is 5.67. The van der Waals surface area contributed by atoms with E-state index in [-0.39, 0.29) is 5.72 Å². The SMILES string of the molecule is COC1(c2ccccc2)CNCCCN1. The first kappa shape index (κ1) is 10.6. The van der Waals surface area contributed by atoms with E-state index in [4.69, 9.17) is 4.74 Å². The Hall–Kier alpha value is -0.900. The molecule has 82 valence electrons. The van der Waals surface area contributed by atoms with E-state index in [2.05, 4.69) is 22.8 Å². The van der Waals surface area contributed by atoms with Crippen molar-refractivity contribution in [3.63, 3.8) is 0 Å². The lowest BCUT2D eigenvalue weighted by atomic mass is 10.0. The smallest absolute Gasteiger partial charge is 0.157 e. The van der Waals surface area contributed by atoms with Gasteiger partial charge in [0.25, 0.3) is 0 Å². The van der Waals surface area contributed by atoms with Crippen LogP contribution in [0.4, 0.5) is 0 Å². The van der Waals surface area contributed by atoms with Crippen molar-refractivity contribution in [3.05, 3.63) is 35.9 Å². The van der Waals surface area contributed by atoms with E-state index in [1.54, 1.807) is 7.11 Å². The van der Waals surface area contributed by atoms with E-state index in [9.17, 15) is 0 Å². The Labute approximate surface area is 90.8 Å². The molecule has 0 aromatic heterocycles. The standard InChI is InChI=1S/C12H18N2O/c1-15-12(10-13-8-5-9-14-12)11-6-3-2-4-7-11/h2-4,6-7,13-14H,5,8-10H2,1H3. The number of hydrogen-bond donors (Lipinski definition) is 2. The number of rotatable bonds is 2. The van der Waals surface area contributed by atoms with Gasteiger partial charge in [0, 0.05) is 13.7 Å². The first-order chi connectivity index (χ1) is 7.37. The second-order valence-electron chi connectivity index (χ2n) is 3.85. The predicted molar refractivity (Wildman–Crippen MR) is 60.6 cm³/mol. The van der Waals surface area contributed by atoms with Gasteiger partial charge in [0.1, 0.15) is 0 Å². The molecule has 1 aromatic carbocycles. The molecule has 3 heteroatoms. The fourth-order valence-electron chi connectivity index (χ4n) is 2.00. The Bertz CT molecular complexity index is 292. The van der Waals surface area contributed by atoms with Crippen molar-refractivity contribution in [3.8, 4) is 0 Å². The van der Waals surface area contributed by atoms with Gasteiger partial charge in [-0.25, -0.2) is 0 Å². The van der Waals surface area contributed by atoms with E-state index in [0.717, 1.165) is 26.1 Å². The number of methoxy groups -OCH3 is 1. The number of ether oxygens (including phenoxy) is 1. The molecule has 0 saturated carbocycles. The molecule has 1 saturated heterocycles. The minimum absolute atomic E-state index is 0.363. The molecule has 1 fully saturated rings. The quantitative estimate of drug-likeness (QED) is 0.759. The molecule has 1 aromatic rings. The van der Waals surface area contributed by atoms with Gasteiger partial charge in [-0.3, -0.25) is 5.32 Å². The number of benzene rings is 1. The summed E-state index contributed by atoms with van der Waals surface area (Å²) in [6.07, 6.45) is 1.14. The molecule has 0 radical (unpaired) electrons. The van der Waals surface area contributed by atoms with Gasteiger partial charge in [0.2, 0.25) is 0 Å². The number of hydrogen-bond acceptors (Lipinski definition) is 3. The van der Waals surface area contributed by atoms with Crippen LogP contribution >= 0.6 is 0 Å². The lowest BCUT2D eigenvalue weighted by Gasteiger charge is -2.32. The largest absolute Gasteiger partial charge is 0.358 e. The van der Waals surface area contributed by atoms with Crippen LogP contribution in [-0.4, -0.2) is 26.7 Å². The summed E-state index contributed by atoms with van der Waals surface area (Å²) in [5.41, 5.74) is 0.819. The highest BCUT2D eigenvalue weighted by molar-refractivity contribution is 5.22. The van der Waals surface area contributed by atoms with Crippen LogP contribution in [0.2, 0.25) is 0 Å². The van der Waals surface area contributed by atoms with E-state index in [1.165, 1.54) is 5.56 Å². The summed E-state index contributed by atoms with van der Waals surface area (Å²) in [6, 6.07) is 10.3. The highest BCUT2D eigenvalue weighted by atomic mass is 16.5. The minimum Gasteiger partial charge on any atom is -0.358 e. The predicted octanol–water partition coefficient (Wildman–Crippen LogP) is 1.07. The van der Waals surface area contributed by atoms with Crippen molar-refractivity contribution in [2.24, 2.45) is 0 Å². The highest BCUT2D eigenvalue weighted by Gasteiger charge is 2.31. The third kappa shape index (κ3) is 2.20. The Balaban J connectivity index is 2.27. The van der Waals surface area contributed by atoms with Crippen LogP contribution in [0.25, 0.3) is 0 Å². The molecule has 0 aliphatic carbocycles. The van der Waals surface area contributed by atoms with Crippen LogP contribution in [0.5, 0.6) is 0 Å². The molecule has 1 aliphatic heterocycles. The summed E-state index contributed by atoms with van der Waals surface area (Å²) in [4.78, 5) is 0. The molecule has 0 amide bonds. The van der Waals surface area contributed by atoms with Gasteiger partial charge in [-0.2, -0.15) is 0 Å². The molecule has 15 heavy (non-hydrogen) atoms. The molecule has 2 rings (SSSR count). The molecule has 0 bridgehead atoms. The fourth-order valence-corrected chi connectivity index (χ4v) is 2.00. The summed E-state index contributed by atoms with van der Waals surface area (Å²) in [6.45, 7) is 2.84. The zero-order chi connectivity index (χ0) is 10.6. The van der Waals surface area contributed by atoms with Gasteiger partial charge in [0.15, 0.2) is 5.72 Å². The Morgan fingerprint density at radius 1 is 1.20 bits per heavy atom. The second-order valence-corrected chi connectivity index (χ2v) is 3.85. The van der Waals surface area contributed by atoms with Crippen LogP contribution in [0.1, 0.15) is 12.0 Å². The maximum atomic E-state index is 5.67. The summed E-state index contributed by atoms with van der Waals surface area (Å²) in [7, 11) is 1.76. The first-order valence-corrected chi connectivity index (χ1v) is 5.44. The molecule has 3 nitrogen and oxygen atoms in total. The van der Waals surface area contributed by atoms with E-state index in [1.807, 2.05) is 18.2 Å². The Morgan fingerprint density at radius 3 is 2.73 bits per heavy atom. The van der Waals surface area contributed by atoms with Crippen LogP contribution in [-0.2, 0) is 10.5 Å². The maximum Gasteiger partial charge on any atom is 0.157 e. The fraction of sp³-hybridized carbons (Fsp3) is 0.500. The molecule has 1 atom stereocenters. The van der Waals surface area contributed by atoms with Crippen LogP contribution in [0, 0.1) is 0 Å². The van der Waals surface area contributed by atoms with Crippen LogP contribution in [0.15, 0.2) is 30.3 Å². The summed E-state index contributed by atoms with van der Waals surface area (Å²) < 4.78 is 5.67. The van der Waals surface area contributed by atoms with Crippen LogP contribution < -0.4 is 10.6 Å². The first-order valence-electron chi connectivity index (χ1n) is 5.44. The molecule has 0 spiro atoms. The lowest BCUT2D eigenvalue weighted by Crippen LogP contribution is -2.49. The highest BCUT2D eigenvalue weighted by Crippen LogP contribution is 2.22. The summed E-state index contributed by atoms with van der Waals surface area (Å²) >= 11 is 0. The van der Waals surface area contributed by atoms with E-state index in [0.29, 0.717) is 0 Å². The average molecular weight is 206 g/mol. The molecule has 1 heterocycles. The van der Waals surface area contributed by atoms with Crippen molar-refractivity contribution in [2.45, 2.75) is 12.1 Å². The summed E-state index contributed by atoms with van der Waals surface area (Å²) in [5, 5.41) is 6.88. The van der Waals surface area contributed by atoms with E-state index >= 15 is 0 Å². The molecule has 2 N–H and O–H groups in total. The van der Waals surface area contributed by atoms with Gasteiger partial charge in [-0.15, -0.1) is 0 Å². The monoisotopic (exact) mass is 206 g/mol. The van der Waals surface area contributed by atoms with Crippen LogP contribution in [0.3, 0.4) is 0 Å². The second kappa shape index (κ2) is 4.75. The van der Waals surface area contributed by atoms with Gasteiger partial charge in [-0.1, -0.05) is 30.3 Å². The molecular weight excluding hydrogens is 188 g/mol. The Kier molecular flexibility index (Phi) is 3.36. The zero-order valence-electron chi connectivity index (χ0n) is 9.12. The van der Waals surface area contributed by atoms with Crippen molar-refractivity contribution >= 4 is 0 Å². The average Bonchev–Trinajstić information content (AvgIpc) is 2.56. The third-order valence-corrected chi connectivity index (χ3v) is 2.90. The molecular formula is C12H18N2O. The van der Waals surface area contributed by atoms with Gasteiger partial charge < -0.3 is 10.1 Å². The Morgan fingerprint density at radius 2 is 2.00 bits per heavy atom. The third-order valence-electron chi connectivity index (χ3n) is 2.90. The summed E-state index contributed by atoms with van der Waals surface area (Å²) in [5.74, 6) is 0. The van der Waals surface area contributed by atoms with Crippen molar-refractivity contribution in [1.82, 2.24) is 10.6 Å².